The topological polar surface area (TPSA) is 138 Å². The number of carbonyl (C=O) groups excluding carboxylic acids is 1. The molecule has 3 rings (SSSR count). The van der Waals surface area contributed by atoms with E-state index in [1.807, 2.05) is 13.8 Å². The van der Waals surface area contributed by atoms with Gasteiger partial charge in [0.15, 0.2) is 12.2 Å². The van der Waals surface area contributed by atoms with E-state index in [-0.39, 0.29) is 23.9 Å². The molecule has 1 amide bonds. The molecule has 0 aliphatic carbocycles. The van der Waals surface area contributed by atoms with Crippen molar-refractivity contribution in [2.75, 3.05) is 6.54 Å². The number of aryl methyl sites for hydroxylation is 1. The molecular weight excluding hydrogens is 340 g/mol. The van der Waals surface area contributed by atoms with Crippen molar-refractivity contribution < 1.29 is 24.3 Å². The number of aromatic nitrogens is 2. The number of nitrogens with zero attached hydrogens (tertiary/aromatic N) is 3. The van der Waals surface area contributed by atoms with Crippen LogP contribution in [0.2, 0.25) is 0 Å². The molecule has 0 spiro atoms. The third kappa shape index (κ3) is 3.27. The van der Waals surface area contributed by atoms with E-state index in [0.29, 0.717) is 24.5 Å². The second kappa shape index (κ2) is 7.22. The molecule has 0 radical (unpaired) electrons. The maximum absolute atomic E-state index is 11.7. The highest BCUT2D eigenvalue weighted by Crippen LogP contribution is 2.37. The third-order valence-corrected chi connectivity index (χ3v) is 4.90. The first-order chi connectivity index (χ1) is 12.3. The lowest BCUT2D eigenvalue weighted by Crippen LogP contribution is -2.43. The lowest BCUT2D eigenvalue weighted by molar-refractivity contribution is -0.682. The molecule has 10 heteroatoms. The standard InChI is InChI=1S/C16H26N6O4/c1-4-5-10(23)18-6-9-8(2)26-15(12(9)24)22-7-21(3)11-13(22)19-16(17)20-14(11)25/h7-9,12,14-15,24-25H,4-6H2,1-3H3,(H3-,17,18,19,20,23)/p+1/t8-,9-,12-,14?,15-/m1/s1. The summed E-state index contributed by atoms with van der Waals surface area (Å²) < 4.78 is 9.33. The van der Waals surface area contributed by atoms with Gasteiger partial charge in [-0.15, -0.1) is 0 Å². The van der Waals surface area contributed by atoms with Gasteiger partial charge in [-0.05, 0) is 13.3 Å². The maximum Gasteiger partial charge on any atom is 0.274 e. The fraction of sp³-hybridized carbons (Fsp3) is 0.688. The normalized spacial score (nSPS) is 30.5. The monoisotopic (exact) mass is 367 g/mol. The molecule has 5 atom stereocenters. The Morgan fingerprint density at radius 2 is 2.27 bits per heavy atom. The molecule has 1 aromatic rings. The Balaban J connectivity index is 1.81. The van der Waals surface area contributed by atoms with Crippen molar-refractivity contribution in [2.24, 2.45) is 23.7 Å². The number of guanidine groups is 1. The maximum atomic E-state index is 11.7. The molecule has 3 heterocycles. The number of hydrogen-bond donors (Lipinski definition) is 5. The van der Waals surface area contributed by atoms with Gasteiger partial charge in [0.25, 0.3) is 5.82 Å². The minimum atomic E-state index is -0.992. The van der Waals surface area contributed by atoms with Gasteiger partial charge in [-0.2, -0.15) is 9.56 Å². The van der Waals surface area contributed by atoms with Gasteiger partial charge in [-0.3, -0.25) is 4.79 Å². The van der Waals surface area contributed by atoms with Gasteiger partial charge in [-0.1, -0.05) is 6.92 Å². The lowest BCUT2D eigenvalue weighted by atomic mass is 9.99. The average molecular weight is 367 g/mol. The van der Waals surface area contributed by atoms with E-state index >= 15 is 0 Å². The van der Waals surface area contributed by atoms with Gasteiger partial charge >= 0.3 is 0 Å². The first-order valence-corrected chi connectivity index (χ1v) is 8.82. The quantitative estimate of drug-likeness (QED) is 0.409. The number of nitrogens with two attached hydrogens (primary N) is 1. The number of aliphatic hydroxyl groups is 2. The van der Waals surface area contributed by atoms with Crippen LogP contribution >= 0.6 is 0 Å². The molecule has 144 valence electrons. The minimum Gasteiger partial charge on any atom is -0.386 e. The van der Waals surface area contributed by atoms with Crippen LogP contribution in [0.3, 0.4) is 0 Å². The summed E-state index contributed by atoms with van der Waals surface area (Å²) in [4.78, 5) is 16.0. The number of imidazole rings is 1. The number of hydrogen-bond acceptors (Lipinski definition) is 7. The number of aliphatic hydroxyl groups excluding tert-OH is 2. The zero-order chi connectivity index (χ0) is 19.0. The van der Waals surface area contributed by atoms with Crippen LogP contribution in [0.1, 0.15) is 44.8 Å². The van der Waals surface area contributed by atoms with Gasteiger partial charge < -0.3 is 31.3 Å². The fourth-order valence-corrected chi connectivity index (χ4v) is 3.52. The summed E-state index contributed by atoms with van der Waals surface area (Å²) >= 11 is 0. The Labute approximate surface area is 151 Å². The minimum absolute atomic E-state index is 0.0355. The second-order valence-corrected chi connectivity index (χ2v) is 6.83. The van der Waals surface area contributed by atoms with Crippen LogP contribution in [0.4, 0.5) is 5.82 Å². The third-order valence-electron chi connectivity index (χ3n) is 4.90. The Morgan fingerprint density at radius 1 is 1.54 bits per heavy atom. The number of carbonyl (C=O) groups is 1. The molecule has 0 bridgehead atoms. The summed E-state index contributed by atoms with van der Waals surface area (Å²) in [6, 6.07) is 0. The SMILES string of the molecule is CCCC(=O)NC[C@H]1[C@@H](O)[C@H](n2c[n+](C)c3c2N=C(N)NC3O)O[C@@H]1C. The molecule has 0 saturated carbocycles. The molecular formula is C16H27N6O4+. The summed E-state index contributed by atoms with van der Waals surface area (Å²) in [5.41, 5.74) is 6.25. The molecule has 26 heavy (non-hydrogen) atoms. The van der Waals surface area contributed by atoms with Crippen molar-refractivity contribution in [3.63, 3.8) is 0 Å². The van der Waals surface area contributed by atoms with Gasteiger partial charge in [0.1, 0.15) is 6.10 Å². The summed E-state index contributed by atoms with van der Waals surface area (Å²) in [6.45, 7) is 4.14. The summed E-state index contributed by atoms with van der Waals surface area (Å²) in [6.07, 6.45) is 0.163. The molecule has 2 aliphatic rings. The average Bonchev–Trinajstić information content (AvgIpc) is 3.03. The number of nitrogens with one attached hydrogen (secondary N) is 2. The van der Waals surface area contributed by atoms with Gasteiger partial charge in [0.05, 0.1) is 13.2 Å². The zero-order valence-corrected chi connectivity index (χ0v) is 15.2. The smallest absolute Gasteiger partial charge is 0.274 e. The Kier molecular flexibility index (Phi) is 5.17. The first kappa shape index (κ1) is 18.6. The molecule has 6 N–H and O–H groups in total. The van der Waals surface area contributed by atoms with Gasteiger partial charge in [-0.25, -0.2) is 4.57 Å². The first-order valence-electron chi connectivity index (χ1n) is 8.82. The van der Waals surface area contributed by atoms with Gasteiger partial charge in [0.2, 0.25) is 24.2 Å². The summed E-state index contributed by atoms with van der Waals surface area (Å²) in [5.74, 6) is 0.237. The Bertz CT molecular complexity index is 718. The molecule has 1 fully saturated rings. The van der Waals surface area contributed by atoms with Crippen molar-refractivity contribution in [1.82, 2.24) is 15.2 Å². The van der Waals surface area contributed by atoms with Gasteiger partial charge in [0, 0.05) is 18.9 Å². The van der Waals surface area contributed by atoms with Crippen molar-refractivity contribution in [2.45, 2.75) is 51.4 Å². The number of fused-ring (bicyclic) bond motifs is 1. The van der Waals surface area contributed by atoms with Crippen LogP contribution in [0.25, 0.3) is 0 Å². The number of rotatable bonds is 5. The van der Waals surface area contributed by atoms with E-state index in [4.69, 9.17) is 10.5 Å². The van der Waals surface area contributed by atoms with Crippen molar-refractivity contribution in [3.05, 3.63) is 12.0 Å². The highest BCUT2D eigenvalue weighted by molar-refractivity contribution is 5.82. The number of amides is 1. The van der Waals surface area contributed by atoms with E-state index in [1.54, 1.807) is 22.5 Å². The van der Waals surface area contributed by atoms with Crippen LogP contribution < -0.4 is 20.9 Å². The molecule has 0 aromatic carbocycles. The zero-order valence-electron chi connectivity index (χ0n) is 15.2. The van der Waals surface area contributed by atoms with Crippen LogP contribution in [-0.2, 0) is 16.6 Å². The predicted molar refractivity (Wildman–Crippen MR) is 92.0 cm³/mol. The van der Waals surface area contributed by atoms with E-state index in [0.717, 1.165) is 6.42 Å². The number of aliphatic imine (C=N–C) groups is 1. The summed E-state index contributed by atoms with van der Waals surface area (Å²) in [7, 11) is 1.77. The molecule has 1 aromatic heterocycles. The van der Waals surface area contributed by atoms with Crippen molar-refractivity contribution >= 4 is 17.7 Å². The Morgan fingerprint density at radius 3 is 2.96 bits per heavy atom. The second-order valence-electron chi connectivity index (χ2n) is 6.83. The Hall–Kier alpha value is -2.17. The van der Waals surface area contributed by atoms with E-state index < -0.39 is 18.6 Å². The molecule has 1 saturated heterocycles. The lowest BCUT2D eigenvalue weighted by Gasteiger charge is -2.18. The largest absolute Gasteiger partial charge is 0.386 e. The van der Waals surface area contributed by atoms with Crippen LogP contribution in [0, 0.1) is 5.92 Å². The summed E-state index contributed by atoms with van der Waals surface area (Å²) in [5, 5.41) is 26.5. The van der Waals surface area contributed by atoms with E-state index in [1.165, 1.54) is 0 Å². The van der Waals surface area contributed by atoms with Crippen LogP contribution in [-0.4, -0.2) is 45.4 Å². The van der Waals surface area contributed by atoms with E-state index in [2.05, 4.69) is 15.6 Å². The molecule has 2 aliphatic heterocycles. The van der Waals surface area contributed by atoms with Crippen molar-refractivity contribution in [1.29, 1.82) is 0 Å². The highest BCUT2D eigenvalue weighted by atomic mass is 16.5. The molecule has 10 nitrogen and oxygen atoms in total. The van der Waals surface area contributed by atoms with E-state index in [9.17, 15) is 15.0 Å². The number of ether oxygens (including phenoxy) is 1. The van der Waals surface area contributed by atoms with Crippen LogP contribution in [0.5, 0.6) is 0 Å². The highest BCUT2D eigenvalue weighted by Gasteiger charge is 2.47. The van der Waals surface area contributed by atoms with Crippen LogP contribution in [0.15, 0.2) is 11.3 Å². The predicted octanol–water partition coefficient (Wildman–Crippen LogP) is -1.34. The fourth-order valence-electron chi connectivity index (χ4n) is 3.52. The van der Waals surface area contributed by atoms with Crippen molar-refractivity contribution in [3.8, 4) is 0 Å². The molecule has 1 unspecified atom stereocenters.